The van der Waals surface area contributed by atoms with E-state index in [0.29, 0.717) is 12.0 Å². The summed E-state index contributed by atoms with van der Waals surface area (Å²) in [4.78, 5) is 25.9. The maximum absolute atomic E-state index is 14.0. The largest absolute Gasteiger partial charge is 0.479 e. The third kappa shape index (κ3) is 11.7. The third-order valence-corrected chi connectivity index (χ3v) is 10.4. The second-order valence-electron chi connectivity index (χ2n) is 15.0. The molecule has 1 aromatic heterocycles. The minimum atomic E-state index is -1.23. The van der Waals surface area contributed by atoms with Crippen LogP contribution in [0.4, 0.5) is 0 Å². The van der Waals surface area contributed by atoms with Crippen molar-refractivity contribution >= 4 is 16.9 Å². The predicted octanol–water partition coefficient (Wildman–Crippen LogP) is 9.37. The summed E-state index contributed by atoms with van der Waals surface area (Å²) in [5, 5.41) is 0.361. The van der Waals surface area contributed by atoms with Crippen molar-refractivity contribution in [3.63, 3.8) is 0 Å². The summed E-state index contributed by atoms with van der Waals surface area (Å²) in [6.45, 7) is 2.36. The first-order valence-corrected chi connectivity index (χ1v) is 20.8. The number of carbonyl (C=O) groups is 1. The van der Waals surface area contributed by atoms with E-state index in [9.17, 15) is 9.59 Å². The monoisotopic (exact) mass is 848 g/mol. The van der Waals surface area contributed by atoms with E-state index in [-0.39, 0.29) is 55.9 Å². The SMILES string of the molecule is CC(=O)Oc1ccc2c(O[C@H]3O[C@H](COCc4ccccc4)[C@@H](OCc4ccccc4)[C@H](OCc4ccccc4)[C@@H]3OCc3ccccc3)c(OCc3ccccc3)c(=O)oc2c1. The lowest BCUT2D eigenvalue weighted by Crippen LogP contribution is -2.62. The fourth-order valence-corrected chi connectivity index (χ4v) is 7.29. The van der Waals surface area contributed by atoms with Gasteiger partial charge >= 0.3 is 11.6 Å². The lowest BCUT2D eigenvalue weighted by atomic mass is 9.97. The van der Waals surface area contributed by atoms with E-state index in [2.05, 4.69) is 0 Å². The van der Waals surface area contributed by atoms with Crippen molar-refractivity contribution in [2.24, 2.45) is 0 Å². The van der Waals surface area contributed by atoms with Crippen molar-refractivity contribution in [1.29, 1.82) is 0 Å². The third-order valence-electron chi connectivity index (χ3n) is 10.4. The van der Waals surface area contributed by atoms with Gasteiger partial charge < -0.3 is 42.3 Å². The zero-order valence-corrected chi connectivity index (χ0v) is 34.8. The summed E-state index contributed by atoms with van der Waals surface area (Å²) < 4.78 is 58.2. The van der Waals surface area contributed by atoms with Crippen LogP contribution < -0.4 is 19.8 Å². The number of hydrogen-bond donors (Lipinski definition) is 0. The molecular formula is C52H48O11. The van der Waals surface area contributed by atoms with E-state index in [1.165, 1.54) is 13.0 Å². The quantitative estimate of drug-likeness (QED) is 0.0440. The van der Waals surface area contributed by atoms with Crippen LogP contribution in [0.15, 0.2) is 179 Å². The molecule has 0 unspecified atom stereocenters. The van der Waals surface area contributed by atoms with Gasteiger partial charge in [-0.3, -0.25) is 4.79 Å². The van der Waals surface area contributed by atoms with E-state index >= 15 is 0 Å². The van der Waals surface area contributed by atoms with Gasteiger partial charge in [-0.1, -0.05) is 152 Å². The molecule has 0 spiro atoms. The zero-order valence-electron chi connectivity index (χ0n) is 34.8. The Morgan fingerprint density at radius 3 is 1.54 bits per heavy atom. The fourth-order valence-electron chi connectivity index (χ4n) is 7.29. The molecule has 1 fully saturated rings. The Bertz CT molecular complexity index is 2550. The molecule has 0 radical (unpaired) electrons. The van der Waals surface area contributed by atoms with Crippen LogP contribution in [0.2, 0.25) is 0 Å². The molecule has 6 aromatic carbocycles. The van der Waals surface area contributed by atoms with Gasteiger partial charge in [0.15, 0.2) is 5.75 Å². The number of fused-ring (bicyclic) bond motifs is 1. The minimum Gasteiger partial charge on any atom is -0.479 e. The van der Waals surface area contributed by atoms with Gasteiger partial charge in [0.2, 0.25) is 12.0 Å². The van der Waals surface area contributed by atoms with Crippen LogP contribution in [0.5, 0.6) is 17.2 Å². The van der Waals surface area contributed by atoms with Gasteiger partial charge in [-0.15, -0.1) is 0 Å². The molecule has 1 aliphatic heterocycles. The summed E-state index contributed by atoms with van der Waals surface area (Å²) in [5.74, 6) is -0.489. The van der Waals surface area contributed by atoms with E-state index in [0.717, 1.165) is 27.8 Å². The number of esters is 1. The Balaban J connectivity index is 1.22. The average Bonchev–Trinajstić information content (AvgIpc) is 3.31. The Labute approximate surface area is 365 Å². The number of rotatable bonds is 19. The van der Waals surface area contributed by atoms with Gasteiger partial charge in [0.1, 0.15) is 42.4 Å². The van der Waals surface area contributed by atoms with Crippen molar-refractivity contribution in [1.82, 2.24) is 0 Å². The lowest BCUT2D eigenvalue weighted by molar-refractivity contribution is -0.310. The maximum Gasteiger partial charge on any atom is 0.383 e. The molecule has 0 aliphatic carbocycles. The number of carbonyl (C=O) groups excluding carboxylic acids is 1. The van der Waals surface area contributed by atoms with Crippen molar-refractivity contribution in [2.75, 3.05) is 6.61 Å². The highest BCUT2D eigenvalue weighted by molar-refractivity contribution is 5.87. The molecule has 0 N–H and O–H groups in total. The highest BCUT2D eigenvalue weighted by atomic mass is 16.7. The summed E-state index contributed by atoms with van der Waals surface area (Å²) >= 11 is 0. The molecule has 0 saturated carbocycles. The molecule has 8 rings (SSSR count). The Morgan fingerprint density at radius 1 is 0.540 bits per heavy atom. The Kier molecular flexibility index (Phi) is 14.7. The maximum atomic E-state index is 14.0. The van der Waals surface area contributed by atoms with Crippen LogP contribution in [-0.2, 0) is 61.5 Å². The first kappa shape index (κ1) is 43.1. The summed E-state index contributed by atoms with van der Waals surface area (Å²) in [6, 6.07) is 53.4. The number of ether oxygens (including phenoxy) is 8. The molecule has 0 amide bonds. The Morgan fingerprint density at radius 2 is 1.02 bits per heavy atom. The molecule has 63 heavy (non-hydrogen) atoms. The molecule has 1 saturated heterocycles. The van der Waals surface area contributed by atoms with E-state index in [1.54, 1.807) is 12.1 Å². The van der Waals surface area contributed by atoms with Crippen LogP contribution in [0.25, 0.3) is 11.0 Å². The minimum absolute atomic E-state index is 0.0343. The summed E-state index contributed by atoms with van der Waals surface area (Å²) in [6.07, 6.45) is -4.49. The molecule has 11 heteroatoms. The molecule has 2 heterocycles. The van der Waals surface area contributed by atoms with Gasteiger partial charge in [0.25, 0.3) is 0 Å². The molecular weight excluding hydrogens is 801 g/mol. The van der Waals surface area contributed by atoms with Crippen molar-refractivity contribution in [2.45, 2.75) is 70.7 Å². The van der Waals surface area contributed by atoms with Crippen LogP contribution in [0.3, 0.4) is 0 Å². The fraction of sp³-hybridized carbons (Fsp3) is 0.231. The summed E-state index contributed by atoms with van der Waals surface area (Å²) in [5.41, 5.74) is 3.89. The molecule has 7 aromatic rings. The van der Waals surface area contributed by atoms with E-state index < -0.39 is 42.3 Å². The first-order chi connectivity index (χ1) is 31.0. The first-order valence-electron chi connectivity index (χ1n) is 20.8. The highest BCUT2D eigenvalue weighted by Gasteiger charge is 2.50. The van der Waals surface area contributed by atoms with Crippen molar-refractivity contribution in [3.8, 4) is 17.2 Å². The average molecular weight is 849 g/mol. The summed E-state index contributed by atoms with van der Waals surface area (Å²) in [7, 11) is 0. The van der Waals surface area contributed by atoms with Crippen LogP contribution in [0, 0.1) is 0 Å². The molecule has 1 aliphatic rings. The van der Waals surface area contributed by atoms with Crippen LogP contribution in [0.1, 0.15) is 34.7 Å². The highest BCUT2D eigenvalue weighted by Crippen LogP contribution is 2.39. The predicted molar refractivity (Wildman–Crippen MR) is 235 cm³/mol. The smallest absolute Gasteiger partial charge is 0.383 e. The second kappa shape index (κ2) is 21.5. The number of benzene rings is 6. The zero-order chi connectivity index (χ0) is 43.2. The Hall–Kier alpha value is -6.60. The lowest BCUT2D eigenvalue weighted by Gasteiger charge is -2.45. The number of hydrogen-bond acceptors (Lipinski definition) is 11. The van der Waals surface area contributed by atoms with Gasteiger partial charge in [-0.25, -0.2) is 4.79 Å². The van der Waals surface area contributed by atoms with E-state index in [1.807, 2.05) is 152 Å². The van der Waals surface area contributed by atoms with Crippen LogP contribution >= 0.6 is 0 Å². The molecule has 11 nitrogen and oxygen atoms in total. The topological polar surface area (TPSA) is 121 Å². The second-order valence-corrected chi connectivity index (χ2v) is 15.0. The van der Waals surface area contributed by atoms with Gasteiger partial charge in [0, 0.05) is 13.0 Å². The van der Waals surface area contributed by atoms with Crippen molar-refractivity contribution < 1.29 is 47.1 Å². The molecule has 322 valence electrons. The molecule has 5 atom stereocenters. The van der Waals surface area contributed by atoms with Gasteiger partial charge in [-0.2, -0.15) is 0 Å². The standard InChI is InChI=1S/C52H48O11/c1-36(53)60-42-27-28-43-44(29-42)61-51(54)49(58-33-40-23-13-5-14-24-40)46(43)63-52-50(59-34-41-25-15-6-16-26-41)48(57-32-39-21-11-4-12-22-39)47(56-31-38-19-9-3-10-20-38)45(62-52)35-55-30-37-17-7-2-8-18-37/h2-29,45,47-48,50,52H,30-35H2,1H3/t45-,47-,48+,50+,52-/m1/s1. The van der Waals surface area contributed by atoms with E-state index in [4.69, 9.17) is 42.3 Å². The van der Waals surface area contributed by atoms with Crippen molar-refractivity contribution in [3.05, 3.63) is 208 Å². The van der Waals surface area contributed by atoms with Crippen LogP contribution in [-0.4, -0.2) is 43.3 Å². The van der Waals surface area contributed by atoms with Gasteiger partial charge in [0.05, 0.1) is 38.4 Å². The normalized spacial score (nSPS) is 18.5. The van der Waals surface area contributed by atoms with Gasteiger partial charge in [-0.05, 0) is 39.9 Å². The molecule has 0 bridgehead atoms.